The molecule has 0 aromatic heterocycles. The van der Waals surface area contributed by atoms with Crippen molar-refractivity contribution in [3.05, 3.63) is 34.9 Å². The molecule has 1 aliphatic rings. The van der Waals surface area contributed by atoms with Gasteiger partial charge >= 0.3 is 0 Å². The molecule has 1 aliphatic heterocycles. The fourth-order valence-corrected chi connectivity index (χ4v) is 2.59. The third kappa shape index (κ3) is 3.71. The van der Waals surface area contributed by atoms with Crippen molar-refractivity contribution in [1.82, 2.24) is 9.80 Å². The Morgan fingerprint density at radius 3 is 2.28 bits per heavy atom. The highest BCUT2D eigenvalue weighted by Gasteiger charge is 2.19. The zero-order chi connectivity index (χ0) is 13.0. The van der Waals surface area contributed by atoms with Gasteiger partial charge in [0.2, 0.25) is 0 Å². The third-order valence-corrected chi connectivity index (χ3v) is 4.19. The predicted octanol–water partition coefficient (Wildman–Crippen LogP) is 3.26. The number of hydrogen-bond donors (Lipinski definition) is 0. The molecular weight excluding hydrogens is 244 g/mol. The molecule has 0 spiro atoms. The maximum atomic E-state index is 5.90. The minimum absolute atomic E-state index is 0.725. The Balaban J connectivity index is 1.81. The largest absolute Gasteiger partial charge is 0.298 e. The molecule has 0 amide bonds. The van der Waals surface area contributed by atoms with Crippen molar-refractivity contribution < 1.29 is 0 Å². The van der Waals surface area contributed by atoms with Gasteiger partial charge in [-0.2, -0.15) is 0 Å². The quantitative estimate of drug-likeness (QED) is 0.825. The number of benzene rings is 1. The number of nitrogens with zero attached hydrogens (tertiary/aromatic N) is 2. The second kappa shape index (κ2) is 6.55. The van der Waals surface area contributed by atoms with E-state index in [2.05, 4.69) is 35.8 Å². The third-order valence-electron chi connectivity index (χ3n) is 3.94. The van der Waals surface area contributed by atoms with Crippen molar-refractivity contribution in [2.75, 3.05) is 26.2 Å². The second-order valence-electron chi connectivity index (χ2n) is 5.20. The average Bonchev–Trinajstić information content (AvgIpc) is 2.41. The summed E-state index contributed by atoms with van der Waals surface area (Å²) in [7, 11) is 0. The van der Waals surface area contributed by atoms with Crippen molar-refractivity contribution >= 4 is 11.6 Å². The Hall–Kier alpha value is -0.570. The van der Waals surface area contributed by atoms with E-state index in [1.165, 1.54) is 38.2 Å². The van der Waals surface area contributed by atoms with Crippen LogP contribution in [0.25, 0.3) is 0 Å². The first-order chi connectivity index (χ1) is 8.69. The molecule has 1 saturated heterocycles. The summed E-state index contributed by atoms with van der Waals surface area (Å²) in [5.74, 6) is 0. The zero-order valence-corrected chi connectivity index (χ0v) is 12.2. The lowest BCUT2D eigenvalue weighted by Crippen LogP contribution is -2.48. The first kappa shape index (κ1) is 13.9. The molecule has 0 unspecified atom stereocenters. The topological polar surface area (TPSA) is 6.48 Å². The van der Waals surface area contributed by atoms with Gasteiger partial charge in [-0.15, -0.1) is 0 Å². The Morgan fingerprint density at radius 1 is 1.11 bits per heavy atom. The van der Waals surface area contributed by atoms with Gasteiger partial charge in [-0.05, 0) is 31.0 Å². The number of hydrogen-bond acceptors (Lipinski definition) is 2. The number of piperazine rings is 1. The molecule has 1 aromatic carbocycles. The highest BCUT2D eigenvalue weighted by Crippen LogP contribution is 2.14. The monoisotopic (exact) mass is 266 g/mol. The Morgan fingerprint density at radius 2 is 1.72 bits per heavy atom. The highest BCUT2D eigenvalue weighted by molar-refractivity contribution is 6.30. The van der Waals surface area contributed by atoms with Crippen LogP contribution in [-0.4, -0.2) is 42.0 Å². The Kier molecular flexibility index (Phi) is 5.04. The predicted molar refractivity (Wildman–Crippen MR) is 78.1 cm³/mol. The van der Waals surface area contributed by atoms with Gasteiger partial charge < -0.3 is 0 Å². The fraction of sp³-hybridized carbons (Fsp3) is 0.600. The van der Waals surface area contributed by atoms with Crippen LogP contribution in [0.4, 0.5) is 0 Å². The summed E-state index contributed by atoms with van der Waals surface area (Å²) in [4.78, 5) is 5.13. The molecular formula is C15H23ClN2. The van der Waals surface area contributed by atoms with Crippen molar-refractivity contribution in [3.8, 4) is 0 Å². The number of rotatable bonds is 4. The molecule has 0 N–H and O–H groups in total. The molecule has 18 heavy (non-hydrogen) atoms. The minimum Gasteiger partial charge on any atom is -0.298 e. The van der Waals surface area contributed by atoms with Crippen LogP contribution in [0.15, 0.2) is 24.3 Å². The minimum atomic E-state index is 0.725. The maximum Gasteiger partial charge on any atom is 0.0406 e. The lowest BCUT2D eigenvalue weighted by atomic mass is 10.1. The molecule has 0 bridgehead atoms. The van der Waals surface area contributed by atoms with Gasteiger partial charge in [-0.3, -0.25) is 9.80 Å². The van der Waals surface area contributed by atoms with Gasteiger partial charge in [0.05, 0.1) is 0 Å². The lowest BCUT2D eigenvalue weighted by molar-refractivity contribution is 0.0964. The standard InChI is InChI=1S/C15H23ClN2/c1-3-13(2)18-10-8-17(9-11-18)12-14-4-6-15(16)7-5-14/h4-7,13H,3,8-12H2,1-2H3/t13-/m1/s1. The van der Waals surface area contributed by atoms with Crippen molar-refractivity contribution in [2.24, 2.45) is 0 Å². The molecule has 100 valence electrons. The molecule has 0 aliphatic carbocycles. The summed E-state index contributed by atoms with van der Waals surface area (Å²) in [6.45, 7) is 10.4. The first-order valence-corrected chi connectivity index (χ1v) is 7.27. The van der Waals surface area contributed by atoms with E-state index in [4.69, 9.17) is 11.6 Å². The van der Waals surface area contributed by atoms with E-state index in [9.17, 15) is 0 Å². The summed E-state index contributed by atoms with van der Waals surface area (Å²) < 4.78 is 0. The summed E-state index contributed by atoms with van der Waals surface area (Å²) in [5, 5.41) is 0.820. The van der Waals surface area contributed by atoms with Gasteiger partial charge in [0.25, 0.3) is 0 Å². The molecule has 3 heteroatoms. The Bertz CT molecular complexity index is 355. The molecule has 2 rings (SSSR count). The molecule has 1 heterocycles. The van der Waals surface area contributed by atoms with Crippen LogP contribution in [-0.2, 0) is 6.54 Å². The lowest BCUT2D eigenvalue weighted by Gasteiger charge is -2.37. The second-order valence-corrected chi connectivity index (χ2v) is 5.63. The average molecular weight is 267 g/mol. The molecule has 1 aromatic rings. The number of halogens is 1. The van der Waals surface area contributed by atoms with Crippen LogP contribution in [0.2, 0.25) is 5.02 Å². The molecule has 1 atom stereocenters. The van der Waals surface area contributed by atoms with Crippen LogP contribution >= 0.6 is 11.6 Å². The highest BCUT2D eigenvalue weighted by atomic mass is 35.5. The van der Waals surface area contributed by atoms with Gasteiger partial charge in [0, 0.05) is 43.8 Å². The SMILES string of the molecule is CC[C@@H](C)N1CCN(Cc2ccc(Cl)cc2)CC1. The van der Waals surface area contributed by atoms with E-state index in [1.54, 1.807) is 0 Å². The van der Waals surface area contributed by atoms with Crippen molar-refractivity contribution in [2.45, 2.75) is 32.9 Å². The van der Waals surface area contributed by atoms with Crippen molar-refractivity contribution in [3.63, 3.8) is 0 Å². The molecule has 1 fully saturated rings. The van der Waals surface area contributed by atoms with Gasteiger partial charge in [0.1, 0.15) is 0 Å². The van der Waals surface area contributed by atoms with E-state index >= 15 is 0 Å². The van der Waals surface area contributed by atoms with Crippen molar-refractivity contribution in [1.29, 1.82) is 0 Å². The zero-order valence-electron chi connectivity index (χ0n) is 11.4. The van der Waals surface area contributed by atoms with Crippen LogP contribution in [0, 0.1) is 0 Å². The maximum absolute atomic E-state index is 5.90. The van der Waals surface area contributed by atoms with Gasteiger partial charge in [-0.25, -0.2) is 0 Å². The molecule has 2 nitrogen and oxygen atoms in total. The summed E-state index contributed by atoms with van der Waals surface area (Å²) in [6, 6.07) is 8.94. The van der Waals surface area contributed by atoms with Crippen LogP contribution in [0.3, 0.4) is 0 Å². The molecule has 0 saturated carbocycles. The van der Waals surface area contributed by atoms with E-state index < -0.39 is 0 Å². The first-order valence-electron chi connectivity index (χ1n) is 6.90. The summed E-state index contributed by atoms with van der Waals surface area (Å²) >= 11 is 5.90. The van der Waals surface area contributed by atoms with E-state index in [-0.39, 0.29) is 0 Å². The summed E-state index contributed by atoms with van der Waals surface area (Å²) in [6.07, 6.45) is 1.25. The van der Waals surface area contributed by atoms with E-state index in [0.29, 0.717) is 0 Å². The van der Waals surface area contributed by atoms with Gasteiger partial charge in [-0.1, -0.05) is 30.7 Å². The Labute approximate surface area is 116 Å². The molecule has 0 radical (unpaired) electrons. The van der Waals surface area contributed by atoms with Crippen LogP contribution in [0.5, 0.6) is 0 Å². The van der Waals surface area contributed by atoms with Crippen LogP contribution < -0.4 is 0 Å². The van der Waals surface area contributed by atoms with Gasteiger partial charge in [0.15, 0.2) is 0 Å². The van der Waals surface area contributed by atoms with E-state index in [1.807, 2.05) is 12.1 Å². The van der Waals surface area contributed by atoms with Crippen LogP contribution in [0.1, 0.15) is 25.8 Å². The smallest absolute Gasteiger partial charge is 0.0406 e. The fourth-order valence-electron chi connectivity index (χ4n) is 2.47. The van der Waals surface area contributed by atoms with E-state index in [0.717, 1.165) is 17.6 Å². The summed E-state index contributed by atoms with van der Waals surface area (Å²) in [5.41, 5.74) is 1.36. The normalized spacial score (nSPS) is 19.9.